The van der Waals surface area contributed by atoms with Crippen molar-refractivity contribution in [3.8, 4) is 5.75 Å². The summed E-state index contributed by atoms with van der Waals surface area (Å²) in [6, 6.07) is 0.389. The Morgan fingerprint density at radius 1 is 1.64 bits per heavy atom. The highest BCUT2D eigenvalue weighted by atomic mass is 16.5. The van der Waals surface area contributed by atoms with Gasteiger partial charge in [0.2, 0.25) is 0 Å². The van der Waals surface area contributed by atoms with E-state index in [-0.39, 0.29) is 0 Å². The topological polar surface area (TPSA) is 27.1 Å². The molecule has 0 spiro atoms. The van der Waals surface area contributed by atoms with Crippen LogP contribution in [0.3, 0.4) is 0 Å². The van der Waals surface area contributed by atoms with Crippen LogP contribution >= 0.6 is 0 Å². The van der Waals surface area contributed by atoms with Gasteiger partial charge in [-0.1, -0.05) is 6.08 Å². The lowest BCUT2D eigenvalue weighted by molar-refractivity contribution is 0.311. The molecule has 1 aromatic rings. The van der Waals surface area contributed by atoms with Crippen LogP contribution in [0.2, 0.25) is 0 Å². The van der Waals surface area contributed by atoms with Crippen molar-refractivity contribution < 1.29 is 4.74 Å². The Morgan fingerprint density at radius 3 is 3.00 bits per heavy atom. The van der Waals surface area contributed by atoms with Gasteiger partial charge in [0.1, 0.15) is 0 Å². The van der Waals surface area contributed by atoms with Gasteiger partial charge in [-0.05, 0) is 26.7 Å². The maximum atomic E-state index is 5.51. The zero-order chi connectivity index (χ0) is 10.4. The molecule has 0 bridgehead atoms. The average Bonchev–Trinajstić information content (AvgIpc) is 2.61. The van der Waals surface area contributed by atoms with Crippen molar-refractivity contribution in [1.29, 1.82) is 0 Å². The standard InChI is InChI=1S/C11H18N2O/c1-4-5-6-7-14-11-8-12-13(9-11)10(2)3/h4,8-10H,1,5-7H2,2-3H3. The zero-order valence-electron chi connectivity index (χ0n) is 8.94. The fourth-order valence-corrected chi connectivity index (χ4v) is 1.10. The van der Waals surface area contributed by atoms with Crippen LogP contribution in [0.1, 0.15) is 32.7 Å². The van der Waals surface area contributed by atoms with Gasteiger partial charge in [-0.2, -0.15) is 5.10 Å². The van der Waals surface area contributed by atoms with Crippen LogP contribution in [0.15, 0.2) is 25.0 Å². The van der Waals surface area contributed by atoms with Gasteiger partial charge in [-0.25, -0.2) is 0 Å². The van der Waals surface area contributed by atoms with Gasteiger partial charge in [-0.3, -0.25) is 4.68 Å². The maximum Gasteiger partial charge on any atom is 0.157 e. The Hall–Kier alpha value is -1.25. The number of hydrogen-bond acceptors (Lipinski definition) is 2. The fraction of sp³-hybridized carbons (Fsp3) is 0.545. The molecule has 14 heavy (non-hydrogen) atoms. The third kappa shape index (κ3) is 3.24. The van der Waals surface area contributed by atoms with Crippen LogP contribution in [0.25, 0.3) is 0 Å². The summed E-state index contributed by atoms with van der Waals surface area (Å²) in [5.41, 5.74) is 0. The Kier molecular flexibility index (Phi) is 4.23. The Morgan fingerprint density at radius 2 is 2.43 bits per heavy atom. The number of allylic oxidation sites excluding steroid dienone is 1. The number of rotatable bonds is 6. The Bertz CT molecular complexity index is 279. The summed E-state index contributed by atoms with van der Waals surface area (Å²) in [5.74, 6) is 0.850. The van der Waals surface area contributed by atoms with E-state index >= 15 is 0 Å². The molecule has 3 nitrogen and oxygen atoms in total. The predicted octanol–water partition coefficient (Wildman–Crippen LogP) is 2.81. The molecule has 0 aliphatic rings. The number of ether oxygens (including phenoxy) is 1. The van der Waals surface area contributed by atoms with E-state index in [0.29, 0.717) is 6.04 Å². The summed E-state index contributed by atoms with van der Waals surface area (Å²) in [5, 5.41) is 4.19. The molecule has 0 amide bonds. The molecule has 0 N–H and O–H groups in total. The monoisotopic (exact) mass is 194 g/mol. The lowest BCUT2D eigenvalue weighted by Crippen LogP contribution is -2.00. The molecule has 0 radical (unpaired) electrons. The second-order valence-electron chi connectivity index (χ2n) is 3.53. The molecule has 1 aromatic heterocycles. The first-order valence-electron chi connectivity index (χ1n) is 5.02. The fourth-order valence-electron chi connectivity index (χ4n) is 1.10. The van der Waals surface area contributed by atoms with Crippen LogP contribution in [0.5, 0.6) is 5.75 Å². The van der Waals surface area contributed by atoms with Gasteiger partial charge in [-0.15, -0.1) is 6.58 Å². The predicted molar refractivity (Wildman–Crippen MR) is 57.5 cm³/mol. The van der Waals surface area contributed by atoms with Crippen molar-refractivity contribution in [2.24, 2.45) is 0 Å². The summed E-state index contributed by atoms with van der Waals surface area (Å²) in [4.78, 5) is 0. The van der Waals surface area contributed by atoms with Crippen LogP contribution < -0.4 is 4.74 Å². The van der Waals surface area contributed by atoms with E-state index in [9.17, 15) is 0 Å². The first-order chi connectivity index (χ1) is 6.74. The SMILES string of the molecule is C=CCCCOc1cnn(C(C)C)c1. The van der Waals surface area contributed by atoms with Gasteiger partial charge in [0.25, 0.3) is 0 Å². The Balaban J connectivity index is 2.32. The largest absolute Gasteiger partial charge is 0.490 e. The number of nitrogens with zero attached hydrogens (tertiary/aromatic N) is 2. The van der Waals surface area contributed by atoms with Crippen molar-refractivity contribution >= 4 is 0 Å². The summed E-state index contributed by atoms with van der Waals surface area (Å²) in [6.07, 6.45) is 7.60. The summed E-state index contributed by atoms with van der Waals surface area (Å²) in [6.45, 7) is 8.58. The zero-order valence-corrected chi connectivity index (χ0v) is 8.94. The smallest absolute Gasteiger partial charge is 0.157 e. The summed E-state index contributed by atoms with van der Waals surface area (Å²) >= 11 is 0. The minimum absolute atomic E-state index is 0.389. The molecule has 0 fully saturated rings. The maximum absolute atomic E-state index is 5.51. The number of aromatic nitrogens is 2. The lowest BCUT2D eigenvalue weighted by Gasteiger charge is -2.03. The molecule has 1 heterocycles. The molecular formula is C11H18N2O. The third-order valence-electron chi connectivity index (χ3n) is 1.93. The second kappa shape index (κ2) is 5.47. The van der Waals surface area contributed by atoms with Crippen molar-refractivity contribution in [2.75, 3.05) is 6.61 Å². The molecule has 78 valence electrons. The van der Waals surface area contributed by atoms with E-state index in [1.165, 1.54) is 0 Å². The highest BCUT2D eigenvalue weighted by molar-refractivity contribution is 5.11. The van der Waals surface area contributed by atoms with E-state index in [2.05, 4.69) is 25.5 Å². The minimum atomic E-state index is 0.389. The number of unbranched alkanes of at least 4 members (excludes halogenated alkanes) is 1. The van der Waals surface area contributed by atoms with Crippen molar-refractivity contribution in [3.05, 3.63) is 25.0 Å². The van der Waals surface area contributed by atoms with Gasteiger partial charge in [0.15, 0.2) is 5.75 Å². The van der Waals surface area contributed by atoms with E-state index in [1.807, 2.05) is 17.0 Å². The van der Waals surface area contributed by atoms with Gasteiger partial charge in [0.05, 0.1) is 19.0 Å². The first-order valence-corrected chi connectivity index (χ1v) is 5.02. The average molecular weight is 194 g/mol. The lowest BCUT2D eigenvalue weighted by atomic mass is 10.3. The van der Waals surface area contributed by atoms with Gasteiger partial charge >= 0.3 is 0 Å². The summed E-state index contributed by atoms with van der Waals surface area (Å²) < 4.78 is 7.40. The van der Waals surface area contributed by atoms with Crippen LogP contribution in [-0.2, 0) is 0 Å². The van der Waals surface area contributed by atoms with Crippen molar-refractivity contribution in [1.82, 2.24) is 9.78 Å². The minimum Gasteiger partial charge on any atom is -0.490 e. The van der Waals surface area contributed by atoms with Gasteiger partial charge in [0, 0.05) is 6.04 Å². The number of hydrogen-bond donors (Lipinski definition) is 0. The third-order valence-corrected chi connectivity index (χ3v) is 1.93. The van der Waals surface area contributed by atoms with E-state index in [1.54, 1.807) is 6.20 Å². The molecule has 0 atom stereocenters. The van der Waals surface area contributed by atoms with Crippen LogP contribution in [0.4, 0.5) is 0 Å². The van der Waals surface area contributed by atoms with E-state index in [0.717, 1.165) is 25.2 Å². The van der Waals surface area contributed by atoms with Crippen LogP contribution in [0, 0.1) is 0 Å². The highest BCUT2D eigenvalue weighted by Crippen LogP contribution is 2.12. The second-order valence-corrected chi connectivity index (χ2v) is 3.53. The molecule has 0 aliphatic heterocycles. The van der Waals surface area contributed by atoms with Crippen LogP contribution in [-0.4, -0.2) is 16.4 Å². The van der Waals surface area contributed by atoms with E-state index < -0.39 is 0 Å². The molecule has 0 aliphatic carbocycles. The normalized spacial score (nSPS) is 10.5. The molecule has 3 heteroatoms. The molecule has 0 saturated carbocycles. The first kappa shape index (κ1) is 10.8. The van der Waals surface area contributed by atoms with Crippen molar-refractivity contribution in [3.63, 3.8) is 0 Å². The molecule has 0 saturated heterocycles. The summed E-state index contributed by atoms with van der Waals surface area (Å²) in [7, 11) is 0. The quantitative estimate of drug-likeness (QED) is 0.514. The molecule has 0 aromatic carbocycles. The Labute approximate surface area is 85.4 Å². The molecular weight excluding hydrogens is 176 g/mol. The molecule has 1 rings (SSSR count). The van der Waals surface area contributed by atoms with E-state index in [4.69, 9.17) is 4.74 Å². The van der Waals surface area contributed by atoms with Gasteiger partial charge < -0.3 is 4.74 Å². The molecule has 0 unspecified atom stereocenters. The highest BCUT2D eigenvalue weighted by Gasteiger charge is 2.01. The van der Waals surface area contributed by atoms with Crippen molar-refractivity contribution in [2.45, 2.75) is 32.7 Å².